The van der Waals surface area contributed by atoms with Gasteiger partial charge in [0.15, 0.2) is 0 Å². The summed E-state index contributed by atoms with van der Waals surface area (Å²) in [4.78, 5) is 16.6. The molecular formula is C19H13Cl3F4N2O2. The molecule has 2 atom stereocenters. The summed E-state index contributed by atoms with van der Waals surface area (Å²) in [7, 11) is 0.959. The number of methoxy groups -OCH3 is 1. The molecule has 0 aliphatic carbocycles. The lowest BCUT2D eigenvalue weighted by Gasteiger charge is -2.36. The van der Waals surface area contributed by atoms with Crippen LogP contribution in [0.1, 0.15) is 11.1 Å². The molecule has 3 rings (SSSR count). The van der Waals surface area contributed by atoms with Crippen LogP contribution < -0.4 is 5.73 Å². The third-order valence-corrected chi connectivity index (χ3v) is 6.20. The molecule has 4 nitrogen and oxygen atoms in total. The van der Waals surface area contributed by atoms with Gasteiger partial charge in [-0.05, 0) is 35.4 Å². The molecule has 0 saturated heterocycles. The zero-order valence-electron chi connectivity index (χ0n) is 15.2. The summed E-state index contributed by atoms with van der Waals surface area (Å²) in [6, 6.07) is 5.27. The summed E-state index contributed by atoms with van der Waals surface area (Å²) in [6.45, 7) is -0.850. The van der Waals surface area contributed by atoms with Crippen LogP contribution in [0.25, 0.3) is 0 Å². The number of hydrogen-bond acceptors (Lipinski definition) is 4. The summed E-state index contributed by atoms with van der Waals surface area (Å²) in [5.41, 5.74) is 1.81. The summed E-state index contributed by atoms with van der Waals surface area (Å²) in [5.74, 6) is -3.86. The van der Waals surface area contributed by atoms with Crippen LogP contribution in [-0.2, 0) is 14.9 Å². The zero-order chi connectivity index (χ0) is 22.4. The molecular weight excluding hydrogens is 471 g/mol. The van der Waals surface area contributed by atoms with Crippen molar-refractivity contribution < 1.29 is 27.1 Å². The number of nitrogen functional groups attached to an aromatic ring is 1. The van der Waals surface area contributed by atoms with Crippen LogP contribution in [0.15, 0.2) is 35.3 Å². The molecule has 2 aromatic rings. The Morgan fingerprint density at radius 2 is 1.80 bits per heavy atom. The Morgan fingerprint density at radius 3 is 2.30 bits per heavy atom. The predicted molar refractivity (Wildman–Crippen MR) is 107 cm³/mol. The van der Waals surface area contributed by atoms with E-state index in [0.29, 0.717) is 0 Å². The van der Waals surface area contributed by atoms with Crippen LogP contribution in [0.2, 0.25) is 15.1 Å². The first kappa shape index (κ1) is 22.7. The van der Waals surface area contributed by atoms with E-state index in [-0.39, 0.29) is 32.0 Å². The first-order chi connectivity index (χ1) is 13.9. The van der Waals surface area contributed by atoms with Gasteiger partial charge >= 0.3 is 12.1 Å². The van der Waals surface area contributed by atoms with Crippen molar-refractivity contribution in [3.05, 3.63) is 62.3 Å². The van der Waals surface area contributed by atoms with E-state index in [2.05, 4.69) is 9.73 Å². The molecule has 0 fully saturated rings. The molecule has 0 bridgehead atoms. The molecule has 160 valence electrons. The van der Waals surface area contributed by atoms with Gasteiger partial charge in [0.05, 0.1) is 40.1 Å². The molecule has 1 heterocycles. The highest BCUT2D eigenvalue weighted by atomic mass is 35.5. The van der Waals surface area contributed by atoms with Gasteiger partial charge in [0.1, 0.15) is 17.2 Å². The zero-order valence-corrected chi connectivity index (χ0v) is 17.4. The molecule has 2 unspecified atom stereocenters. The second kappa shape index (κ2) is 7.90. The molecule has 1 aliphatic rings. The average Bonchev–Trinajstić information content (AvgIpc) is 3.09. The average molecular weight is 484 g/mol. The van der Waals surface area contributed by atoms with Gasteiger partial charge in [0.25, 0.3) is 0 Å². The number of carbonyl (C=O) groups excluding carboxylic acids is 1. The van der Waals surface area contributed by atoms with Crippen LogP contribution in [0.5, 0.6) is 0 Å². The number of hydrogen-bond donors (Lipinski definition) is 1. The molecule has 0 saturated carbocycles. The van der Waals surface area contributed by atoms with Gasteiger partial charge in [0.2, 0.25) is 0 Å². The lowest BCUT2D eigenvalue weighted by atomic mass is 9.68. The van der Waals surface area contributed by atoms with Crippen LogP contribution in [0.4, 0.5) is 23.2 Å². The van der Waals surface area contributed by atoms with Crippen LogP contribution in [0.3, 0.4) is 0 Å². The Kier molecular flexibility index (Phi) is 5.97. The summed E-state index contributed by atoms with van der Waals surface area (Å²) >= 11 is 17.8. The van der Waals surface area contributed by atoms with E-state index in [0.717, 1.165) is 31.4 Å². The van der Waals surface area contributed by atoms with Gasteiger partial charge < -0.3 is 10.5 Å². The van der Waals surface area contributed by atoms with Crippen molar-refractivity contribution in [2.75, 3.05) is 19.4 Å². The second-order valence-electron chi connectivity index (χ2n) is 6.62. The first-order valence-corrected chi connectivity index (χ1v) is 9.46. The number of halogens is 7. The van der Waals surface area contributed by atoms with Crippen molar-refractivity contribution in [3.63, 3.8) is 0 Å². The number of ether oxygens (including phenoxy) is 1. The fourth-order valence-electron chi connectivity index (χ4n) is 3.51. The van der Waals surface area contributed by atoms with Gasteiger partial charge in [-0.3, -0.25) is 9.79 Å². The Bertz CT molecular complexity index is 1040. The van der Waals surface area contributed by atoms with Crippen molar-refractivity contribution in [1.82, 2.24) is 0 Å². The van der Waals surface area contributed by atoms with Gasteiger partial charge in [0, 0.05) is 0 Å². The van der Waals surface area contributed by atoms with E-state index in [1.165, 1.54) is 6.07 Å². The smallest absolute Gasteiger partial charge is 0.401 e. The lowest BCUT2D eigenvalue weighted by Crippen LogP contribution is -2.53. The molecule has 30 heavy (non-hydrogen) atoms. The highest BCUT2D eigenvalue weighted by Gasteiger charge is 2.67. The summed E-state index contributed by atoms with van der Waals surface area (Å²) in [6.07, 6.45) is -4.97. The summed E-state index contributed by atoms with van der Waals surface area (Å²) in [5, 5.41) is -0.559. The van der Waals surface area contributed by atoms with Crippen molar-refractivity contribution in [2.45, 2.75) is 11.6 Å². The number of carbonyl (C=O) groups is 1. The molecule has 0 aromatic heterocycles. The van der Waals surface area contributed by atoms with Gasteiger partial charge in [-0.25, -0.2) is 4.39 Å². The largest absolute Gasteiger partial charge is 0.468 e. The van der Waals surface area contributed by atoms with Gasteiger partial charge in [-0.2, -0.15) is 13.2 Å². The predicted octanol–water partition coefficient (Wildman–Crippen LogP) is 5.46. The first-order valence-electron chi connectivity index (χ1n) is 8.33. The molecule has 0 spiro atoms. The quantitative estimate of drug-likeness (QED) is 0.273. The lowest BCUT2D eigenvalue weighted by molar-refractivity contribution is -0.200. The van der Waals surface area contributed by atoms with Crippen LogP contribution in [0, 0.1) is 11.7 Å². The molecule has 1 aliphatic heterocycles. The Morgan fingerprint density at radius 1 is 1.20 bits per heavy atom. The normalized spacial score (nSPS) is 21.5. The van der Waals surface area contributed by atoms with Crippen molar-refractivity contribution in [3.8, 4) is 0 Å². The van der Waals surface area contributed by atoms with Crippen LogP contribution in [-0.4, -0.2) is 31.5 Å². The van der Waals surface area contributed by atoms with E-state index < -0.39 is 41.4 Å². The fraction of sp³-hybridized carbons (Fsp3) is 0.263. The Hall–Kier alpha value is -2.03. The SMILES string of the molecule is COC(=O)C1C(c2ccc(F)c(N)c2)=NCC1(c1cc(Cl)c(Cl)c(Cl)c1)C(F)(F)F. The standard InChI is InChI=1S/C19H13Cl3F4N2O2/c1-30-17(29)14-16(8-2-3-12(23)13(27)4-8)28-7-18(14,19(24,25)26)9-5-10(20)15(22)11(21)6-9/h2-6,14H,7,27H2,1H3. The summed E-state index contributed by atoms with van der Waals surface area (Å²) < 4.78 is 61.9. The minimum absolute atomic E-state index is 0.0570. The maximum absolute atomic E-state index is 14.6. The van der Waals surface area contributed by atoms with Crippen molar-refractivity contribution >= 4 is 52.2 Å². The molecule has 0 amide bonds. The minimum Gasteiger partial charge on any atom is -0.468 e. The Balaban J connectivity index is 2.28. The maximum Gasteiger partial charge on any atom is 0.401 e. The van der Waals surface area contributed by atoms with E-state index in [4.69, 9.17) is 40.5 Å². The highest BCUT2D eigenvalue weighted by molar-refractivity contribution is 6.48. The van der Waals surface area contributed by atoms with Crippen LogP contribution >= 0.6 is 34.8 Å². The molecule has 0 radical (unpaired) electrons. The number of rotatable bonds is 3. The van der Waals surface area contributed by atoms with Crippen molar-refractivity contribution in [2.24, 2.45) is 10.9 Å². The molecule has 2 aromatic carbocycles. The second-order valence-corrected chi connectivity index (χ2v) is 7.81. The van der Waals surface area contributed by atoms with E-state index in [1.807, 2.05) is 0 Å². The highest BCUT2D eigenvalue weighted by Crippen LogP contribution is 2.53. The number of anilines is 1. The number of nitrogens with zero attached hydrogens (tertiary/aromatic N) is 1. The van der Waals surface area contributed by atoms with E-state index in [9.17, 15) is 22.4 Å². The maximum atomic E-state index is 14.6. The van der Waals surface area contributed by atoms with Crippen molar-refractivity contribution in [1.29, 1.82) is 0 Å². The van der Waals surface area contributed by atoms with Gasteiger partial charge in [-0.15, -0.1) is 0 Å². The number of esters is 1. The topological polar surface area (TPSA) is 64.7 Å². The monoisotopic (exact) mass is 482 g/mol. The number of nitrogens with two attached hydrogens (primary N) is 1. The third kappa shape index (κ3) is 3.50. The van der Waals surface area contributed by atoms with E-state index in [1.54, 1.807) is 0 Å². The molecule has 2 N–H and O–H groups in total. The number of aliphatic imine (C=N–C) groups is 1. The third-order valence-electron chi connectivity index (χ3n) is 5.00. The molecule has 11 heteroatoms. The number of alkyl halides is 3. The Labute approximate surface area is 183 Å². The fourth-order valence-corrected chi connectivity index (χ4v) is 4.10. The van der Waals surface area contributed by atoms with Gasteiger partial charge in [-0.1, -0.05) is 40.9 Å². The minimum atomic E-state index is -4.97. The number of benzene rings is 2. The van der Waals surface area contributed by atoms with E-state index >= 15 is 0 Å².